The molecule has 1 aromatic carbocycles. The summed E-state index contributed by atoms with van der Waals surface area (Å²) >= 11 is 6.31. The van der Waals surface area contributed by atoms with Crippen molar-refractivity contribution in [1.29, 1.82) is 0 Å². The molecular formula is C16H22Cl2N2O2. The van der Waals surface area contributed by atoms with Crippen molar-refractivity contribution in [2.24, 2.45) is 5.92 Å². The molecule has 4 nitrogen and oxygen atoms in total. The standard InChI is InChI=1S/C16H21ClN2O2.ClH/c17-14-4-2-1-3-13(14)15-10-18-6-7-19(15)16(20)9-12-5-8-21-11-12;/h1-4,12,15,18H,5-11H2;1H. The second kappa shape index (κ2) is 8.16. The number of rotatable bonds is 3. The number of benzene rings is 1. The number of carbonyl (C=O) groups excluding carboxylic acids is 1. The van der Waals surface area contributed by atoms with E-state index >= 15 is 0 Å². The fourth-order valence-electron chi connectivity index (χ4n) is 3.13. The van der Waals surface area contributed by atoms with Crippen molar-refractivity contribution in [3.05, 3.63) is 34.9 Å². The third-order valence-electron chi connectivity index (χ3n) is 4.32. The van der Waals surface area contributed by atoms with Gasteiger partial charge in [-0.2, -0.15) is 0 Å². The van der Waals surface area contributed by atoms with Crippen LogP contribution in [0.1, 0.15) is 24.4 Å². The fourth-order valence-corrected chi connectivity index (χ4v) is 3.40. The molecule has 0 radical (unpaired) electrons. The van der Waals surface area contributed by atoms with Crippen molar-refractivity contribution in [1.82, 2.24) is 10.2 Å². The minimum Gasteiger partial charge on any atom is -0.381 e. The van der Waals surface area contributed by atoms with E-state index in [2.05, 4.69) is 5.32 Å². The molecular weight excluding hydrogens is 323 g/mol. The summed E-state index contributed by atoms with van der Waals surface area (Å²) < 4.78 is 5.37. The van der Waals surface area contributed by atoms with Gasteiger partial charge in [-0.3, -0.25) is 4.79 Å². The van der Waals surface area contributed by atoms with Crippen LogP contribution < -0.4 is 5.32 Å². The fraction of sp³-hybridized carbons (Fsp3) is 0.562. The van der Waals surface area contributed by atoms with E-state index in [-0.39, 0.29) is 24.4 Å². The second-order valence-corrected chi connectivity index (χ2v) is 6.17. The number of nitrogens with one attached hydrogen (secondary N) is 1. The van der Waals surface area contributed by atoms with Crippen LogP contribution in [0, 0.1) is 5.92 Å². The van der Waals surface area contributed by atoms with Crippen LogP contribution in [0.3, 0.4) is 0 Å². The molecule has 0 saturated carbocycles. The Kier molecular flexibility index (Phi) is 6.50. The first-order chi connectivity index (χ1) is 10.3. The lowest BCUT2D eigenvalue weighted by Gasteiger charge is -2.37. The predicted octanol–water partition coefficient (Wildman–Crippen LogP) is 2.66. The highest BCUT2D eigenvalue weighted by Gasteiger charge is 2.31. The van der Waals surface area contributed by atoms with Gasteiger partial charge < -0.3 is 15.0 Å². The number of nitrogens with zero attached hydrogens (tertiary/aromatic N) is 1. The van der Waals surface area contributed by atoms with Gasteiger partial charge in [0, 0.05) is 44.3 Å². The summed E-state index contributed by atoms with van der Waals surface area (Å²) in [5, 5.41) is 4.09. The summed E-state index contributed by atoms with van der Waals surface area (Å²) in [5.74, 6) is 0.594. The molecule has 2 aliphatic rings. The molecule has 2 aliphatic heterocycles. The quantitative estimate of drug-likeness (QED) is 0.916. The minimum absolute atomic E-state index is 0. The van der Waals surface area contributed by atoms with Crippen molar-refractivity contribution in [3.8, 4) is 0 Å². The van der Waals surface area contributed by atoms with Crippen molar-refractivity contribution < 1.29 is 9.53 Å². The Morgan fingerprint density at radius 3 is 2.95 bits per heavy atom. The van der Waals surface area contributed by atoms with Crippen molar-refractivity contribution in [3.63, 3.8) is 0 Å². The Labute approximate surface area is 142 Å². The molecule has 0 bridgehead atoms. The van der Waals surface area contributed by atoms with E-state index in [9.17, 15) is 4.79 Å². The Morgan fingerprint density at radius 1 is 1.41 bits per heavy atom. The van der Waals surface area contributed by atoms with E-state index in [4.69, 9.17) is 16.3 Å². The highest BCUT2D eigenvalue weighted by atomic mass is 35.5. The molecule has 1 aromatic rings. The normalized spacial score (nSPS) is 24.9. The molecule has 2 unspecified atom stereocenters. The van der Waals surface area contributed by atoms with Crippen molar-refractivity contribution in [2.75, 3.05) is 32.8 Å². The zero-order chi connectivity index (χ0) is 14.7. The van der Waals surface area contributed by atoms with Crippen molar-refractivity contribution >= 4 is 29.9 Å². The average molecular weight is 345 g/mol. The van der Waals surface area contributed by atoms with Gasteiger partial charge in [-0.15, -0.1) is 12.4 Å². The molecule has 2 fully saturated rings. The monoisotopic (exact) mass is 344 g/mol. The lowest BCUT2D eigenvalue weighted by molar-refractivity contribution is -0.135. The van der Waals surface area contributed by atoms with Crippen LogP contribution in [0.15, 0.2) is 24.3 Å². The van der Waals surface area contributed by atoms with Crippen LogP contribution in [0.5, 0.6) is 0 Å². The lowest BCUT2D eigenvalue weighted by Crippen LogP contribution is -2.49. The Hall–Kier alpha value is -0.810. The van der Waals surface area contributed by atoms with E-state index in [1.807, 2.05) is 29.2 Å². The van der Waals surface area contributed by atoms with Gasteiger partial charge in [0.2, 0.25) is 5.91 Å². The summed E-state index contributed by atoms with van der Waals surface area (Å²) in [4.78, 5) is 14.6. The third-order valence-corrected chi connectivity index (χ3v) is 4.66. The van der Waals surface area contributed by atoms with E-state index in [1.54, 1.807) is 0 Å². The molecule has 22 heavy (non-hydrogen) atoms. The van der Waals surface area contributed by atoms with E-state index in [0.717, 1.165) is 43.2 Å². The van der Waals surface area contributed by atoms with Crippen LogP contribution in [0.4, 0.5) is 0 Å². The van der Waals surface area contributed by atoms with Crippen LogP contribution in [-0.2, 0) is 9.53 Å². The van der Waals surface area contributed by atoms with Gasteiger partial charge >= 0.3 is 0 Å². The van der Waals surface area contributed by atoms with Crippen LogP contribution in [0.25, 0.3) is 0 Å². The zero-order valence-corrected chi connectivity index (χ0v) is 14.0. The summed E-state index contributed by atoms with van der Waals surface area (Å²) in [6, 6.07) is 7.83. The first kappa shape index (κ1) is 17.5. The summed E-state index contributed by atoms with van der Waals surface area (Å²) in [6.07, 6.45) is 1.58. The van der Waals surface area contributed by atoms with Gasteiger partial charge in [-0.05, 0) is 24.0 Å². The summed E-state index contributed by atoms with van der Waals surface area (Å²) in [6.45, 7) is 3.84. The van der Waals surface area contributed by atoms with Gasteiger partial charge in [0.1, 0.15) is 0 Å². The number of ether oxygens (including phenoxy) is 1. The number of hydrogen-bond donors (Lipinski definition) is 1. The van der Waals surface area contributed by atoms with E-state index < -0.39 is 0 Å². The number of hydrogen-bond acceptors (Lipinski definition) is 3. The molecule has 2 atom stereocenters. The number of amides is 1. The molecule has 1 N–H and O–H groups in total. The van der Waals surface area contributed by atoms with Gasteiger partial charge in [0.05, 0.1) is 6.04 Å². The SMILES string of the molecule is Cl.O=C(CC1CCOC1)N1CCNCC1c1ccccc1Cl. The van der Waals surface area contributed by atoms with E-state index in [0.29, 0.717) is 18.9 Å². The third kappa shape index (κ3) is 3.93. The van der Waals surface area contributed by atoms with Gasteiger partial charge in [-0.25, -0.2) is 0 Å². The molecule has 0 aliphatic carbocycles. The van der Waals surface area contributed by atoms with E-state index in [1.165, 1.54) is 0 Å². The Morgan fingerprint density at radius 2 is 2.23 bits per heavy atom. The maximum Gasteiger partial charge on any atom is 0.223 e. The molecule has 1 amide bonds. The Bertz CT molecular complexity index is 507. The Balaban J connectivity index is 0.00000176. The molecule has 6 heteroatoms. The van der Waals surface area contributed by atoms with Crippen LogP contribution >= 0.6 is 24.0 Å². The zero-order valence-electron chi connectivity index (χ0n) is 12.5. The lowest BCUT2D eigenvalue weighted by atomic mass is 9.99. The molecule has 0 aromatic heterocycles. The second-order valence-electron chi connectivity index (χ2n) is 5.76. The van der Waals surface area contributed by atoms with Gasteiger partial charge in [0.25, 0.3) is 0 Å². The first-order valence-corrected chi connectivity index (χ1v) is 7.96. The maximum absolute atomic E-state index is 12.6. The predicted molar refractivity (Wildman–Crippen MR) is 89.6 cm³/mol. The topological polar surface area (TPSA) is 41.6 Å². The van der Waals surface area contributed by atoms with Crippen LogP contribution in [0.2, 0.25) is 5.02 Å². The molecule has 2 saturated heterocycles. The number of halogens is 2. The summed E-state index contributed by atoms with van der Waals surface area (Å²) in [7, 11) is 0. The molecule has 0 spiro atoms. The smallest absolute Gasteiger partial charge is 0.223 e. The van der Waals surface area contributed by atoms with Crippen LogP contribution in [-0.4, -0.2) is 43.7 Å². The average Bonchev–Trinajstić information content (AvgIpc) is 3.01. The van der Waals surface area contributed by atoms with Gasteiger partial charge in [-0.1, -0.05) is 29.8 Å². The minimum atomic E-state index is 0. The molecule has 2 heterocycles. The highest BCUT2D eigenvalue weighted by Crippen LogP contribution is 2.30. The maximum atomic E-state index is 12.6. The van der Waals surface area contributed by atoms with Gasteiger partial charge in [0.15, 0.2) is 0 Å². The van der Waals surface area contributed by atoms with Crippen molar-refractivity contribution in [2.45, 2.75) is 18.9 Å². The molecule has 122 valence electrons. The molecule has 3 rings (SSSR count). The highest BCUT2D eigenvalue weighted by molar-refractivity contribution is 6.31. The summed E-state index contributed by atoms with van der Waals surface area (Å²) in [5.41, 5.74) is 1.03. The number of piperazine rings is 1. The number of carbonyl (C=O) groups is 1. The first-order valence-electron chi connectivity index (χ1n) is 7.58. The largest absolute Gasteiger partial charge is 0.381 e.